The van der Waals surface area contributed by atoms with Crippen LogP contribution in [0.1, 0.15) is 11.1 Å². The van der Waals surface area contributed by atoms with Crippen LogP contribution in [0.15, 0.2) is 53.4 Å². The summed E-state index contributed by atoms with van der Waals surface area (Å²) in [5, 5.41) is 9.94. The molecule has 0 saturated carbocycles. The van der Waals surface area contributed by atoms with Gasteiger partial charge in [0.25, 0.3) is 0 Å². The third-order valence-electron chi connectivity index (χ3n) is 3.53. The van der Waals surface area contributed by atoms with Crippen molar-refractivity contribution in [1.82, 2.24) is 0 Å². The molecule has 0 heterocycles. The third kappa shape index (κ3) is 5.33. The predicted molar refractivity (Wildman–Crippen MR) is 91.9 cm³/mol. The van der Waals surface area contributed by atoms with Crippen LogP contribution in [0.3, 0.4) is 0 Å². The number of ether oxygens (including phenoxy) is 2. The van der Waals surface area contributed by atoms with Crippen LogP contribution in [0.4, 0.5) is 0 Å². The summed E-state index contributed by atoms with van der Waals surface area (Å²) in [4.78, 5) is 0.210. The second-order valence-electron chi connectivity index (χ2n) is 5.61. The van der Waals surface area contributed by atoms with E-state index in [0.29, 0.717) is 6.61 Å². The maximum Gasteiger partial charge on any atom is 0.180 e. The van der Waals surface area contributed by atoms with E-state index >= 15 is 0 Å². The van der Waals surface area contributed by atoms with Gasteiger partial charge in [0.05, 0.1) is 37.1 Å². The van der Waals surface area contributed by atoms with Crippen molar-refractivity contribution in [3.63, 3.8) is 0 Å². The van der Waals surface area contributed by atoms with Crippen LogP contribution in [0.5, 0.6) is 5.75 Å². The molecular weight excluding hydrogens is 328 g/mol. The number of aliphatic hydroxyl groups excluding tert-OH is 1. The quantitative estimate of drug-likeness (QED) is 0.791. The lowest BCUT2D eigenvalue weighted by Gasteiger charge is -2.12. The molecule has 0 saturated heterocycles. The Hall–Kier alpha value is -1.89. The van der Waals surface area contributed by atoms with Crippen LogP contribution in [0.2, 0.25) is 0 Å². The van der Waals surface area contributed by atoms with Crippen molar-refractivity contribution < 1.29 is 23.0 Å². The summed E-state index contributed by atoms with van der Waals surface area (Å²) in [6, 6.07) is 13.9. The van der Waals surface area contributed by atoms with E-state index in [-0.39, 0.29) is 17.3 Å². The van der Waals surface area contributed by atoms with Gasteiger partial charge in [-0.2, -0.15) is 0 Å². The van der Waals surface area contributed by atoms with Gasteiger partial charge in [-0.05, 0) is 36.8 Å². The minimum absolute atomic E-state index is 0.0445. The van der Waals surface area contributed by atoms with Gasteiger partial charge in [-0.25, -0.2) is 8.42 Å². The summed E-state index contributed by atoms with van der Waals surface area (Å²) >= 11 is 0. The summed E-state index contributed by atoms with van der Waals surface area (Å²) in [7, 11) is -1.93. The maximum atomic E-state index is 12.2. The van der Waals surface area contributed by atoms with Gasteiger partial charge in [-0.1, -0.05) is 29.8 Å². The van der Waals surface area contributed by atoms with Crippen LogP contribution in [0.25, 0.3) is 0 Å². The van der Waals surface area contributed by atoms with Crippen molar-refractivity contribution in [2.24, 2.45) is 0 Å². The van der Waals surface area contributed by atoms with Gasteiger partial charge in [0, 0.05) is 0 Å². The highest BCUT2D eigenvalue weighted by molar-refractivity contribution is 7.91. The maximum absolute atomic E-state index is 12.2. The molecule has 0 aliphatic heterocycles. The van der Waals surface area contributed by atoms with E-state index in [2.05, 4.69) is 0 Å². The van der Waals surface area contributed by atoms with E-state index in [4.69, 9.17) is 9.47 Å². The van der Waals surface area contributed by atoms with Gasteiger partial charge >= 0.3 is 0 Å². The topological polar surface area (TPSA) is 72.8 Å². The standard InChI is InChI=1S/C18H22O5S/c1-14-3-9-18(10-4-14)24(20,21)13-16(19)12-23-11-15-5-7-17(22-2)8-6-15/h3-10,16,19H,11-13H2,1-2H3/t16-/m1/s1. The van der Waals surface area contributed by atoms with Crippen molar-refractivity contribution in [3.8, 4) is 5.75 Å². The fraction of sp³-hybridized carbons (Fsp3) is 0.333. The van der Waals surface area contributed by atoms with Crippen molar-refractivity contribution in [1.29, 1.82) is 0 Å². The van der Waals surface area contributed by atoms with E-state index in [1.165, 1.54) is 0 Å². The molecule has 0 radical (unpaired) electrons. The molecule has 130 valence electrons. The van der Waals surface area contributed by atoms with Gasteiger partial charge < -0.3 is 14.6 Å². The van der Waals surface area contributed by atoms with E-state index in [1.54, 1.807) is 31.4 Å². The second-order valence-corrected chi connectivity index (χ2v) is 7.65. The van der Waals surface area contributed by atoms with Crippen LogP contribution < -0.4 is 4.74 Å². The summed E-state index contributed by atoms with van der Waals surface area (Å²) in [6.07, 6.45) is -1.07. The van der Waals surface area contributed by atoms with Crippen LogP contribution in [0, 0.1) is 6.92 Å². The Bertz CT molecular complexity index is 736. The molecule has 0 aliphatic carbocycles. The average molecular weight is 350 g/mol. The molecule has 24 heavy (non-hydrogen) atoms. The lowest BCUT2D eigenvalue weighted by atomic mass is 10.2. The molecule has 1 N–H and O–H groups in total. The third-order valence-corrected chi connectivity index (χ3v) is 5.34. The smallest absolute Gasteiger partial charge is 0.180 e. The highest BCUT2D eigenvalue weighted by Crippen LogP contribution is 2.14. The molecule has 0 amide bonds. The van der Waals surface area contributed by atoms with Crippen LogP contribution >= 0.6 is 0 Å². The molecule has 2 aromatic carbocycles. The molecule has 0 fully saturated rings. The Labute approximate surface area is 142 Å². The number of rotatable bonds is 8. The minimum atomic E-state index is -3.53. The number of sulfone groups is 1. The van der Waals surface area contributed by atoms with E-state index in [9.17, 15) is 13.5 Å². The van der Waals surface area contributed by atoms with Crippen molar-refractivity contribution in [2.75, 3.05) is 19.5 Å². The minimum Gasteiger partial charge on any atom is -0.497 e. The Morgan fingerprint density at radius 1 is 1.04 bits per heavy atom. The fourth-order valence-corrected chi connectivity index (χ4v) is 3.52. The van der Waals surface area contributed by atoms with Crippen molar-refractivity contribution in [3.05, 3.63) is 59.7 Å². The van der Waals surface area contributed by atoms with Gasteiger partial charge in [0.2, 0.25) is 0 Å². The molecule has 0 aromatic heterocycles. The largest absolute Gasteiger partial charge is 0.497 e. The highest BCUT2D eigenvalue weighted by atomic mass is 32.2. The summed E-state index contributed by atoms with van der Waals surface area (Å²) in [6.45, 7) is 2.14. The Kier molecular flexibility index (Phi) is 6.36. The first kappa shape index (κ1) is 18.4. The van der Waals surface area contributed by atoms with Crippen LogP contribution in [-0.4, -0.2) is 39.1 Å². The van der Waals surface area contributed by atoms with E-state index in [1.807, 2.05) is 31.2 Å². The highest BCUT2D eigenvalue weighted by Gasteiger charge is 2.19. The normalized spacial score (nSPS) is 12.8. The molecule has 0 aliphatic rings. The lowest BCUT2D eigenvalue weighted by molar-refractivity contribution is 0.0390. The molecule has 0 bridgehead atoms. The predicted octanol–water partition coefficient (Wildman–Crippen LogP) is 2.36. The number of benzene rings is 2. The van der Waals surface area contributed by atoms with Crippen LogP contribution in [-0.2, 0) is 21.2 Å². The number of hydrogen-bond acceptors (Lipinski definition) is 5. The fourth-order valence-electron chi connectivity index (χ4n) is 2.18. The number of methoxy groups -OCH3 is 1. The van der Waals surface area contributed by atoms with Gasteiger partial charge in [-0.15, -0.1) is 0 Å². The Morgan fingerprint density at radius 2 is 1.67 bits per heavy atom. The van der Waals surface area contributed by atoms with Gasteiger partial charge in [0.1, 0.15) is 5.75 Å². The van der Waals surface area contributed by atoms with E-state index < -0.39 is 15.9 Å². The summed E-state index contributed by atoms with van der Waals surface area (Å²) < 4.78 is 34.9. The Morgan fingerprint density at radius 3 is 2.25 bits per heavy atom. The first-order valence-corrected chi connectivity index (χ1v) is 9.24. The first-order valence-electron chi connectivity index (χ1n) is 7.59. The van der Waals surface area contributed by atoms with Gasteiger partial charge in [0.15, 0.2) is 9.84 Å². The molecule has 2 aromatic rings. The average Bonchev–Trinajstić information content (AvgIpc) is 2.55. The molecule has 0 unspecified atom stereocenters. The second kappa shape index (κ2) is 8.28. The monoisotopic (exact) mass is 350 g/mol. The molecule has 5 nitrogen and oxygen atoms in total. The lowest BCUT2D eigenvalue weighted by Crippen LogP contribution is -2.25. The summed E-state index contributed by atoms with van der Waals surface area (Å²) in [5.74, 6) is 0.390. The molecule has 0 spiro atoms. The van der Waals surface area contributed by atoms with Crippen molar-refractivity contribution >= 4 is 9.84 Å². The van der Waals surface area contributed by atoms with Crippen molar-refractivity contribution in [2.45, 2.75) is 24.5 Å². The zero-order valence-corrected chi connectivity index (χ0v) is 14.6. The zero-order chi connectivity index (χ0) is 17.6. The SMILES string of the molecule is COc1ccc(COC[C@@H](O)CS(=O)(=O)c2ccc(C)cc2)cc1. The first-order chi connectivity index (χ1) is 11.4. The zero-order valence-electron chi connectivity index (χ0n) is 13.8. The molecular formula is C18H22O5S. The molecule has 2 rings (SSSR count). The van der Waals surface area contributed by atoms with Gasteiger partial charge in [-0.3, -0.25) is 0 Å². The molecule has 1 atom stereocenters. The number of aliphatic hydroxyl groups is 1. The summed E-state index contributed by atoms with van der Waals surface area (Å²) in [5.41, 5.74) is 1.90. The van der Waals surface area contributed by atoms with E-state index in [0.717, 1.165) is 16.9 Å². The number of aryl methyl sites for hydroxylation is 1. The molecule has 6 heteroatoms. The number of hydrogen-bond donors (Lipinski definition) is 1. The Balaban J connectivity index is 1.83.